The molecule has 1 N–H and O–H groups in total. The van der Waals surface area contributed by atoms with Crippen LogP contribution in [0.5, 0.6) is 0 Å². The van der Waals surface area contributed by atoms with E-state index in [0.717, 1.165) is 13.1 Å². The average Bonchev–Trinajstić information content (AvgIpc) is 2.69. The van der Waals surface area contributed by atoms with E-state index < -0.39 is 10.0 Å². The highest BCUT2D eigenvalue weighted by molar-refractivity contribution is 7.92. The molecule has 0 unspecified atom stereocenters. The molecule has 0 radical (unpaired) electrons. The molecule has 27 heavy (non-hydrogen) atoms. The van der Waals surface area contributed by atoms with Crippen LogP contribution in [0.2, 0.25) is 0 Å². The average molecular weight is 388 g/mol. The van der Waals surface area contributed by atoms with Crippen LogP contribution < -0.4 is 9.62 Å². The molecule has 1 fully saturated rings. The van der Waals surface area contributed by atoms with Crippen molar-refractivity contribution in [3.05, 3.63) is 60.2 Å². The van der Waals surface area contributed by atoms with Gasteiger partial charge in [-0.1, -0.05) is 18.2 Å². The van der Waals surface area contributed by atoms with E-state index in [1.807, 2.05) is 30.0 Å². The molecule has 1 aliphatic heterocycles. The minimum absolute atomic E-state index is 0.0663. The molecule has 2 aromatic rings. The lowest BCUT2D eigenvalue weighted by Gasteiger charge is -2.34. The first-order valence-corrected chi connectivity index (χ1v) is 10.6. The van der Waals surface area contributed by atoms with Gasteiger partial charge in [-0.3, -0.25) is 9.10 Å². The number of hydrogen-bond donors (Lipinski definition) is 1. The number of sulfonamides is 1. The summed E-state index contributed by atoms with van der Waals surface area (Å²) in [6, 6.07) is 15.3. The first-order valence-electron chi connectivity index (χ1n) is 9.14. The summed E-state index contributed by atoms with van der Waals surface area (Å²) in [7, 11) is -3.68. The van der Waals surface area contributed by atoms with Gasteiger partial charge in [-0.25, -0.2) is 8.42 Å². The molecule has 0 aromatic heterocycles. The second kappa shape index (κ2) is 8.10. The minimum atomic E-state index is -3.68. The first kappa shape index (κ1) is 19.4. The number of carbonyl (C=O) groups excluding carboxylic acids is 1. The number of rotatable bonds is 5. The maximum Gasteiger partial charge on any atom is 0.264 e. The number of benzene rings is 2. The van der Waals surface area contributed by atoms with Gasteiger partial charge in [0.15, 0.2) is 0 Å². The highest BCUT2D eigenvalue weighted by Crippen LogP contribution is 2.24. The largest absolute Gasteiger partial charge is 0.333 e. The van der Waals surface area contributed by atoms with Gasteiger partial charge in [0.1, 0.15) is 0 Å². The zero-order valence-corrected chi connectivity index (χ0v) is 16.4. The Morgan fingerprint density at radius 1 is 1.15 bits per heavy atom. The quantitative estimate of drug-likeness (QED) is 0.855. The fourth-order valence-electron chi connectivity index (χ4n) is 3.29. The van der Waals surface area contributed by atoms with Gasteiger partial charge in [-0.05, 0) is 50.2 Å². The standard InChI is InChI=1S/C20H25N3O3S/c1-3-23(18-7-5-4-6-8-18)27(25,26)19-11-9-17(10-12-19)20(24)22-14-13-21-15-16(22)2/h4-12,16,21H,3,13-15H2,1-2H3/t16-/m0/s1. The summed E-state index contributed by atoms with van der Waals surface area (Å²) in [6.45, 7) is 6.31. The monoisotopic (exact) mass is 387 g/mol. The van der Waals surface area contributed by atoms with Crippen LogP contribution in [-0.2, 0) is 10.0 Å². The van der Waals surface area contributed by atoms with Crippen LogP contribution in [-0.4, -0.2) is 51.4 Å². The van der Waals surface area contributed by atoms with Crippen LogP contribution in [0.25, 0.3) is 0 Å². The second-order valence-electron chi connectivity index (χ2n) is 6.58. The van der Waals surface area contributed by atoms with Gasteiger partial charge >= 0.3 is 0 Å². The lowest BCUT2D eigenvalue weighted by atomic mass is 10.1. The Labute approximate surface area is 160 Å². The SMILES string of the molecule is CCN(c1ccccc1)S(=O)(=O)c1ccc(C(=O)N2CCNC[C@@H]2C)cc1. The molecule has 0 spiro atoms. The molecule has 1 atom stereocenters. The van der Waals surface area contributed by atoms with Crippen molar-refractivity contribution < 1.29 is 13.2 Å². The van der Waals surface area contributed by atoms with Crippen LogP contribution in [0.1, 0.15) is 24.2 Å². The highest BCUT2D eigenvalue weighted by atomic mass is 32.2. The van der Waals surface area contributed by atoms with Crippen LogP contribution >= 0.6 is 0 Å². The summed E-state index contributed by atoms with van der Waals surface area (Å²) in [4.78, 5) is 14.7. The number of piperazine rings is 1. The molecule has 144 valence electrons. The predicted molar refractivity (Wildman–Crippen MR) is 106 cm³/mol. The Morgan fingerprint density at radius 3 is 2.41 bits per heavy atom. The third kappa shape index (κ3) is 3.99. The van der Waals surface area contributed by atoms with E-state index in [1.165, 1.54) is 16.4 Å². The van der Waals surface area contributed by atoms with Crippen molar-refractivity contribution in [1.29, 1.82) is 0 Å². The Kier molecular flexibility index (Phi) is 5.82. The summed E-state index contributed by atoms with van der Waals surface area (Å²) < 4.78 is 27.4. The summed E-state index contributed by atoms with van der Waals surface area (Å²) in [6.07, 6.45) is 0. The van der Waals surface area contributed by atoms with Crippen LogP contribution in [0.4, 0.5) is 5.69 Å². The fraction of sp³-hybridized carbons (Fsp3) is 0.350. The maximum atomic E-state index is 13.0. The fourth-order valence-corrected chi connectivity index (χ4v) is 4.76. The van der Waals surface area contributed by atoms with Gasteiger partial charge < -0.3 is 10.2 Å². The highest BCUT2D eigenvalue weighted by Gasteiger charge is 2.26. The molecule has 0 aliphatic carbocycles. The number of amides is 1. The molecule has 2 aromatic carbocycles. The summed E-state index contributed by atoms with van der Waals surface area (Å²) in [5, 5.41) is 3.26. The first-order chi connectivity index (χ1) is 12.9. The van der Waals surface area contributed by atoms with Crippen molar-refractivity contribution in [3.8, 4) is 0 Å². The van der Waals surface area contributed by atoms with E-state index in [1.54, 1.807) is 31.2 Å². The lowest BCUT2D eigenvalue weighted by Crippen LogP contribution is -2.52. The number of anilines is 1. The zero-order valence-electron chi connectivity index (χ0n) is 15.6. The van der Waals surface area contributed by atoms with E-state index in [2.05, 4.69) is 5.32 Å². The molecule has 1 amide bonds. The number of para-hydroxylation sites is 1. The van der Waals surface area contributed by atoms with Crippen molar-refractivity contribution in [2.75, 3.05) is 30.5 Å². The van der Waals surface area contributed by atoms with E-state index in [4.69, 9.17) is 0 Å². The van der Waals surface area contributed by atoms with Gasteiger partial charge in [-0.2, -0.15) is 0 Å². The number of carbonyl (C=O) groups is 1. The summed E-state index contributed by atoms with van der Waals surface area (Å²) >= 11 is 0. The Hall–Kier alpha value is -2.38. The van der Waals surface area contributed by atoms with E-state index in [0.29, 0.717) is 24.3 Å². The van der Waals surface area contributed by atoms with E-state index in [9.17, 15) is 13.2 Å². The Morgan fingerprint density at radius 2 is 1.81 bits per heavy atom. The normalized spacial score (nSPS) is 17.6. The number of hydrogen-bond acceptors (Lipinski definition) is 4. The van der Waals surface area contributed by atoms with Gasteiger partial charge in [0.05, 0.1) is 10.6 Å². The third-order valence-electron chi connectivity index (χ3n) is 4.78. The summed E-state index contributed by atoms with van der Waals surface area (Å²) in [5.74, 6) is -0.0663. The minimum Gasteiger partial charge on any atom is -0.333 e. The van der Waals surface area contributed by atoms with Gasteiger partial charge in [-0.15, -0.1) is 0 Å². The topological polar surface area (TPSA) is 69.7 Å². The number of nitrogens with zero attached hydrogens (tertiary/aromatic N) is 2. The predicted octanol–water partition coefficient (Wildman–Crippen LogP) is 2.34. The van der Waals surface area contributed by atoms with Crippen LogP contribution in [0, 0.1) is 0 Å². The molecule has 1 aliphatic rings. The molecule has 0 bridgehead atoms. The summed E-state index contributed by atoms with van der Waals surface area (Å²) in [5.41, 5.74) is 1.13. The van der Waals surface area contributed by atoms with Crippen molar-refractivity contribution in [2.24, 2.45) is 0 Å². The van der Waals surface area contributed by atoms with E-state index in [-0.39, 0.29) is 16.8 Å². The number of nitrogens with one attached hydrogen (secondary N) is 1. The van der Waals surface area contributed by atoms with Crippen LogP contribution in [0.3, 0.4) is 0 Å². The molecular weight excluding hydrogens is 362 g/mol. The van der Waals surface area contributed by atoms with Crippen molar-refractivity contribution in [3.63, 3.8) is 0 Å². The smallest absolute Gasteiger partial charge is 0.264 e. The third-order valence-corrected chi connectivity index (χ3v) is 6.70. The zero-order chi connectivity index (χ0) is 19.4. The second-order valence-corrected chi connectivity index (χ2v) is 8.44. The lowest BCUT2D eigenvalue weighted by molar-refractivity contribution is 0.0655. The van der Waals surface area contributed by atoms with Gasteiger partial charge in [0.25, 0.3) is 15.9 Å². The van der Waals surface area contributed by atoms with Gasteiger partial charge in [0.2, 0.25) is 0 Å². The molecule has 7 heteroatoms. The van der Waals surface area contributed by atoms with Gasteiger partial charge in [0, 0.05) is 37.8 Å². The van der Waals surface area contributed by atoms with E-state index >= 15 is 0 Å². The van der Waals surface area contributed by atoms with Crippen molar-refractivity contribution in [2.45, 2.75) is 24.8 Å². The van der Waals surface area contributed by atoms with Crippen molar-refractivity contribution >= 4 is 21.6 Å². The molecule has 0 saturated carbocycles. The molecular formula is C20H25N3O3S. The van der Waals surface area contributed by atoms with Crippen molar-refractivity contribution in [1.82, 2.24) is 10.2 Å². The molecule has 1 saturated heterocycles. The molecule has 3 rings (SSSR count). The Bertz CT molecular complexity index is 882. The molecule has 1 heterocycles. The Balaban J connectivity index is 1.84. The molecule has 6 nitrogen and oxygen atoms in total. The maximum absolute atomic E-state index is 13.0. The van der Waals surface area contributed by atoms with Crippen LogP contribution in [0.15, 0.2) is 59.5 Å².